The van der Waals surface area contributed by atoms with E-state index in [-0.39, 0.29) is 11.8 Å². The molecular weight excluding hydrogens is 178 g/mol. The van der Waals surface area contributed by atoms with Gasteiger partial charge in [-0.2, -0.15) is 0 Å². The van der Waals surface area contributed by atoms with Crippen molar-refractivity contribution in [1.82, 2.24) is 0 Å². The molecule has 0 saturated heterocycles. The summed E-state index contributed by atoms with van der Waals surface area (Å²) < 4.78 is 5.48. The monoisotopic (exact) mass is 193 g/mol. The van der Waals surface area contributed by atoms with Crippen molar-refractivity contribution in [2.45, 2.75) is 25.8 Å². The van der Waals surface area contributed by atoms with E-state index in [1.165, 1.54) is 0 Å². The van der Waals surface area contributed by atoms with Crippen LogP contribution in [0.15, 0.2) is 12.1 Å². The Morgan fingerprint density at radius 2 is 2.36 bits per heavy atom. The Morgan fingerprint density at radius 3 is 3.07 bits per heavy atom. The van der Waals surface area contributed by atoms with E-state index in [4.69, 9.17) is 10.5 Å². The van der Waals surface area contributed by atoms with E-state index in [1.54, 1.807) is 12.1 Å². The lowest BCUT2D eigenvalue weighted by atomic mass is 9.94. The van der Waals surface area contributed by atoms with Crippen LogP contribution in [0.5, 0.6) is 11.5 Å². The molecule has 1 aromatic carbocycles. The lowest BCUT2D eigenvalue weighted by Gasteiger charge is -2.25. The van der Waals surface area contributed by atoms with Gasteiger partial charge < -0.3 is 15.6 Å². The van der Waals surface area contributed by atoms with Gasteiger partial charge in [-0.15, -0.1) is 0 Å². The Kier molecular flexibility index (Phi) is 2.33. The normalized spacial score (nSPS) is 20.0. The van der Waals surface area contributed by atoms with Gasteiger partial charge in [-0.25, -0.2) is 0 Å². The summed E-state index contributed by atoms with van der Waals surface area (Å²) >= 11 is 0. The van der Waals surface area contributed by atoms with Crippen LogP contribution in [0.2, 0.25) is 0 Å². The fourth-order valence-electron chi connectivity index (χ4n) is 1.94. The van der Waals surface area contributed by atoms with Crippen molar-refractivity contribution in [3.63, 3.8) is 0 Å². The van der Waals surface area contributed by atoms with Crippen molar-refractivity contribution < 1.29 is 9.84 Å². The molecule has 1 aromatic rings. The second-order valence-electron chi connectivity index (χ2n) is 3.61. The molecule has 14 heavy (non-hydrogen) atoms. The predicted octanol–water partition coefficient (Wildman–Crippen LogP) is 1.74. The van der Waals surface area contributed by atoms with E-state index >= 15 is 0 Å². The Balaban J connectivity index is 2.55. The van der Waals surface area contributed by atoms with E-state index in [0.29, 0.717) is 6.61 Å². The van der Waals surface area contributed by atoms with Crippen LogP contribution in [-0.4, -0.2) is 11.7 Å². The zero-order chi connectivity index (χ0) is 10.1. The van der Waals surface area contributed by atoms with Gasteiger partial charge in [-0.1, -0.05) is 6.92 Å². The van der Waals surface area contributed by atoms with Gasteiger partial charge in [0.05, 0.1) is 6.61 Å². The highest BCUT2D eigenvalue weighted by Gasteiger charge is 2.21. The van der Waals surface area contributed by atoms with Crippen molar-refractivity contribution in [2.75, 3.05) is 6.61 Å². The van der Waals surface area contributed by atoms with Crippen LogP contribution in [0.1, 0.15) is 30.5 Å². The summed E-state index contributed by atoms with van der Waals surface area (Å²) in [6.07, 6.45) is 1.72. The third kappa shape index (κ3) is 1.44. The van der Waals surface area contributed by atoms with Gasteiger partial charge in [-0.05, 0) is 18.1 Å². The second-order valence-corrected chi connectivity index (χ2v) is 3.61. The number of hydrogen-bond donors (Lipinski definition) is 2. The van der Waals surface area contributed by atoms with Crippen LogP contribution >= 0.6 is 0 Å². The number of aryl methyl sites for hydroxylation is 1. The molecule has 1 atom stereocenters. The summed E-state index contributed by atoms with van der Waals surface area (Å²) in [5, 5.41) is 9.47. The highest BCUT2D eigenvalue weighted by Crippen LogP contribution is 2.36. The third-order valence-corrected chi connectivity index (χ3v) is 2.65. The highest BCUT2D eigenvalue weighted by molar-refractivity contribution is 5.48. The minimum atomic E-state index is 0.0503. The van der Waals surface area contributed by atoms with E-state index in [1.807, 2.05) is 0 Å². The van der Waals surface area contributed by atoms with Crippen molar-refractivity contribution in [2.24, 2.45) is 5.73 Å². The molecule has 1 aliphatic heterocycles. The number of ether oxygens (including phenoxy) is 1. The first-order chi connectivity index (χ1) is 6.72. The molecule has 3 N–H and O–H groups in total. The Labute approximate surface area is 83.5 Å². The molecule has 3 nitrogen and oxygen atoms in total. The van der Waals surface area contributed by atoms with E-state index in [0.717, 1.165) is 29.7 Å². The minimum Gasteiger partial charge on any atom is -0.508 e. The van der Waals surface area contributed by atoms with Gasteiger partial charge in [0.1, 0.15) is 11.5 Å². The fraction of sp³-hybridized carbons (Fsp3) is 0.455. The van der Waals surface area contributed by atoms with Gasteiger partial charge in [0.15, 0.2) is 0 Å². The number of aromatic hydroxyl groups is 1. The quantitative estimate of drug-likeness (QED) is 0.714. The maximum absolute atomic E-state index is 9.47. The topological polar surface area (TPSA) is 55.5 Å². The Bertz CT molecular complexity index is 332. The van der Waals surface area contributed by atoms with Crippen molar-refractivity contribution in [3.8, 4) is 11.5 Å². The SMILES string of the molecule is CCc1cc(O)cc2c1[C@H](N)CCO2. The van der Waals surface area contributed by atoms with Gasteiger partial charge in [0.2, 0.25) is 0 Å². The van der Waals surface area contributed by atoms with E-state index < -0.39 is 0 Å². The molecule has 2 rings (SSSR count). The molecule has 3 heteroatoms. The summed E-state index contributed by atoms with van der Waals surface area (Å²) in [5.74, 6) is 1.01. The molecule has 0 aromatic heterocycles. The average Bonchev–Trinajstić information content (AvgIpc) is 2.16. The van der Waals surface area contributed by atoms with Crippen LogP contribution in [0.3, 0.4) is 0 Å². The molecule has 0 fully saturated rings. The molecule has 0 spiro atoms. The van der Waals surface area contributed by atoms with Gasteiger partial charge >= 0.3 is 0 Å². The van der Waals surface area contributed by atoms with Crippen LogP contribution in [0.25, 0.3) is 0 Å². The van der Waals surface area contributed by atoms with Crippen LogP contribution in [0, 0.1) is 0 Å². The lowest BCUT2D eigenvalue weighted by Crippen LogP contribution is -2.22. The average molecular weight is 193 g/mol. The maximum atomic E-state index is 9.47. The van der Waals surface area contributed by atoms with Gasteiger partial charge in [0, 0.05) is 24.1 Å². The van der Waals surface area contributed by atoms with Crippen molar-refractivity contribution >= 4 is 0 Å². The molecule has 0 saturated carbocycles. The number of hydrogen-bond acceptors (Lipinski definition) is 3. The number of phenolic OH excluding ortho intramolecular Hbond substituents is 1. The molecule has 1 heterocycles. The number of phenols is 1. The first-order valence-electron chi connectivity index (χ1n) is 4.96. The molecule has 0 amide bonds. The number of benzene rings is 1. The second kappa shape index (κ2) is 3.50. The first-order valence-corrected chi connectivity index (χ1v) is 4.96. The Morgan fingerprint density at radius 1 is 1.57 bits per heavy atom. The smallest absolute Gasteiger partial charge is 0.128 e. The van der Waals surface area contributed by atoms with E-state index in [2.05, 4.69) is 6.92 Å². The summed E-state index contributed by atoms with van der Waals surface area (Å²) in [7, 11) is 0. The van der Waals surface area contributed by atoms with E-state index in [9.17, 15) is 5.11 Å². The summed E-state index contributed by atoms with van der Waals surface area (Å²) in [5.41, 5.74) is 8.17. The molecule has 0 radical (unpaired) electrons. The van der Waals surface area contributed by atoms with Crippen LogP contribution in [-0.2, 0) is 6.42 Å². The lowest BCUT2D eigenvalue weighted by molar-refractivity contribution is 0.266. The first kappa shape index (κ1) is 9.34. The third-order valence-electron chi connectivity index (χ3n) is 2.65. The Hall–Kier alpha value is -1.22. The molecular formula is C11H15NO2. The van der Waals surface area contributed by atoms with Crippen molar-refractivity contribution in [3.05, 3.63) is 23.3 Å². The fourth-order valence-corrected chi connectivity index (χ4v) is 1.94. The molecule has 0 unspecified atom stereocenters. The highest BCUT2D eigenvalue weighted by atomic mass is 16.5. The number of rotatable bonds is 1. The zero-order valence-corrected chi connectivity index (χ0v) is 8.29. The molecule has 0 aliphatic carbocycles. The summed E-state index contributed by atoms with van der Waals surface area (Å²) in [6.45, 7) is 2.69. The molecule has 76 valence electrons. The van der Waals surface area contributed by atoms with Crippen LogP contribution in [0.4, 0.5) is 0 Å². The summed E-state index contributed by atoms with van der Waals surface area (Å²) in [4.78, 5) is 0. The molecule has 0 bridgehead atoms. The molecule has 1 aliphatic rings. The van der Waals surface area contributed by atoms with Crippen LogP contribution < -0.4 is 10.5 Å². The minimum absolute atomic E-state index is 0.0503. The predicted molar refractivity (Wildman–Crippen MR) is 54.5 cm³/mol. The van der Waals surface area contributed by atoms with Gasteiger partial charge in [-0.3, -0.25) is 0 Å². The van der Waals surface area contributed by atoms with Crippen molar-refractivity contribution in [1.29, 1.82) is 0 Å². The largest absolute Gasteiger partial charge is 0.508 e. The maximum Gasteiger partial charge on any atom is 0.128 e. The summed E-state index contributed by atoms with van der Waals surface area (Å²) in [6, 6.07) is 3.47. The standard InChI is InChI=1S/C11H15NO2/c1-2-7-5-8(13)6-10-11(7)9(12)3-4-14-10/h5-6,9,13H,2-4,12H2,1H3/t9-/m1/s1. The van der Waals surface area contributed by atoms with Gasteiger partial charge in [0.25, 0.3) is 0 Å². The number of nitrogens with two attached hydrogens (primary N) is 1. The number of fused-ring (bicyclic) bond motifs is 1. The zero-order valence-electron chi connectivity index (χ0n) is 8.29.